The van der Waals surface area contributed by atoms with E-state index in [-0.39, 0.29) is 15.5 Å². The number of benzene rings is 1. The molecule has 0 radical (unpaired) electrons. The highest BCUT2D eigenvalue weighted by Gasteiger charge is 2.24. The molecule has 2 N–H and O–H groups in total. The van der Waals surface area contributed by atoms with Gasteiger partial charge < -0.3 is 5.73 Å². The molecule has 0 amide bonds. The summed E-state index contributed by atoms with van der Waals surface area (Å²) in [5.74, 6) is 0. The Bertz CT molecular complexity index is 681. The van der Waals surface area contributed by atoms with E-state index in [4.69, 9.17) is 5.73 Å². The highest BCUT2D eigenvalue weighted by atomic mass is 32.2. The van der Waals surface area contributed by atoms with Crippen molar-refractivity contribution in [3.8, 4) is 0 Å². The molecular weight excluding hydrogens is 300 g/mol. The lowest BCUT2D eigenvalue weighted by atomic mass is 10.3. The number of sulfone groups is 1. The predicted octanol–water partition coefficient (Wildman–Crippen LogP) is 1.09. The van der Waals surface area contributed by atoms with Gasteiger partial charge >= 0.3 is 0 Å². The molecule has 0 aromatic heterocycles. The van der Waals surface area contributed by atoms with Gasteiger partial charge in [-0.05, 0) is 24.6 Å². The average Bonchev–Trinajstić information content (AvgIpc) is 2.34. The first-order chi connectivity index (χ1) is 9.10. The summed E-state index contributed by atoms with van der Waals surface area (Å²) in [6, 6.07) is 3.72. The molecule has 0 atom stereocenters. The Morgan fingerprint density at radius 1 is 1.20 bits per heavy atom. The van der Waals surface area contributed by atoms with Gasteiger partial charge in [0.1, 0.15) is 4.90 Å². The van der Waals surface area contributed by atoms with Crippen molar-refractivity contribution in [1.82, 2.24) is 4.31 Å². The van der Waals surface area contributed by atoms with Crippen LogP contribution in [0.4, 0.5) is 5.69 Å². The molecule has 1 rings (SSSR count). The van der Waals surface area contributed by atoms with Crippen LogP contribution in [0.3, 0.4) is 0 Å². The van der Waals surface area contributed by atoms with Crippen molar-refractivity contribution < 1.29 is 16.8 Å². The van der Waals surface area contributed by atoms with E-state index in [1.165, 1.54) is 23.5 Å². The van der Waals surface area contributed by atoms with Crippen LogP contribution in [-0.2, 0) is 19.9 Å². The van der Waals surface area contributed by atoms with Gasteiger partial charge in [0.25, 0.3) is 0 Å². The second-order valence-electron chi connectivity index (χ2n) is 4.65. The van der Waals surface area contributed by atoms with Gasteiger partial charge in [-0.2, -0.15) is 0 Å². The van der Waals surface area contributed by atoms with E-state index in [9.17, 15) is 16.8 Å². The van der Waals surface area contributed by atoms with Crippen molar-refractivity contribution in [1.29, 1.82) is 0 Å². The lowest BCUT2D eigenvalue weighted by Crippen LogP contribution is -2.28. The minimum Gasteiger partial charge on any atom is -0.398 e. The van der Waals surface area contributed by atoms with Gasteiger partial charge in [-0.25, -0.2) is 21.1 Å². The summed E-state index contributed by atoms with van der Waals surface area (Å²) in [6.45, 7) is 2.32. The molecule has 0 aliphatic rings. The molecule has 8 heteroatoms. The maximum atomic E-state index is 12.4. The van der Waals surface area contributed by atoms with Crippen LogP contribution in [-0.4, -0.2) is 41.0 Å². The number of nitrogen functional groups attached to an aromatic ring is 1. The number of hydrogen-bond donors (Lipinski definition) is 1. The molecule has 0 bridgehead atoms. The van der Waals surface area contributed by atoms with Gasteiger partial charge in [0, 0.05) is 19.8 Å². The number of anilines is 1. The SMILES string of the molecule is CCCCN(C)S(=O)(=O)c1cc(S(C)(=O)=O)ccc1N. The number of nitrogens with zero attached hydrogens (tertiary/aromatic N) is 1. The first-order valence-corrected chi connectivity index (χ1v) is 9.49. The molecule has 0 fully saturated rings. The van der Waals surface area contributed by atoms with Crippen LogP contribution in [0.5, 0.6) is 0 Å². The van der Waals surface area contributed by atoms with Crippen molar-refractivity contribution in [3.05, 3.63) is 18.2 Å². The fraction of sp³-hybridized carbons (Fsp3) is 0.500. The Labute approximate surface area is 120 Å². The molecule has 0 aliphatic carbocycles. The van der Waals surface area contributed by atoms with Crippen LogP contribution in [0, 0.1) is 0 Å². The maximum absolute atomic E-state index is 12.4. The molecular formula is C12H20N2O4S2. The zero-order valence-electron chi connectivity index (χ0n) is 11.8. The molecule has 20 heavy (non-hydrogen) atoms. The second kappa shape index (κ2) is 6.11. The van der Waals surface area contributed by atoms with Crippen LogP contribution in [0.1, 0.15) is 19.8 Å². The van der Waals surface area contributed by atoms with E-state index in [0.717, 1.165) is 25.2 Å². The van der Waals surface area contributed by atoms with Gasteiger partial charge in [0.15, 0.2) is 9.84 Å². The van der Waals surface area contributed by atoms with Crippen molar-refractivity contribution in [2.45, 2.75) is 29.6 Å². The Hall–Kier alpha value is -1.12. The lowest BCUT2D eigenvalue weighted by Gasteiger charge is -2.18. The summed E-state index contributed by atoms with van der Waals surface area (Å²) >= 11 is 0. The van der Waals surface area contributed by atoms with E-state index in [1.807, 2.05) is 6.92 Å². The number of sulfonamides is 1. The first kappa shape index (κ1) is 16.9. The highest BCUT2D eigenvalue weighted by molar-refractivity contribution is 7.91. The third-order valence-corrected chi connectivity index (χ3v) is 5.95. The molecule has 6 nitrogen and oxygen atoms in total. The van der Waals surface area contributed by atoms with Crippen LogP contribution in [0.15, 0.2) is 28.0 Å². The summed E-state index contributed by atoms with van der Waals surface area (Å²) in [5.41, 5.74) is 5.73. The van der Waals surface area contributed by atoms with Crippen molar-refractivity contribution in [2.75, 3.05) is 25.6 Å². The third kappa shape index (κ3) is 3.71. The summed E-state index contributed by atoms with van der Waals surface area (Å²) in [6.07, 6.45) is 2.61. The van der Waals surface area contributed by atoms with Gasteiger partial charge in [-0.1, -0.05) is 13.3 Å². The van der Waals surface area contributed by atoms with Crippen molar-refractivity contribution >= 4 is 25.5 Å². The summed E-state index contributed by atoms with van der Waals surface area (Å²) in [5, 5.41) is 0. The normalized spacial score (nSPS) is 12.8. The van der Waals surface area contributed by atoms with Crippen LogP contribution < -0.4 is 5.73 Å². The number of nitrogens with two attached hydrogens (primary N) is 1. The topological polar surface area (TPSA) is 97.5 Å². The molecule has 1 aromatic carbocycles. The van der Waals surface area contributed by atoms with E-state index in [2.05, 4.69) is 0 Å². The minimum atomic E-state index is -3.78. The lowest BCUT2D eigenvalue weighted by molar-refractivity contribution is 0.459. The Balaban J connectivity index is 3.31. The third-order valence-electron chi connectivity index (χ3n) is 2.93. The molecule has 0 spiro atoms. The predicted molar refractivity (Wildman–Crippen MR) is 78.7 cm³/mol. The monoisotopic (exact) mass is 320 g/mol. The summed E-state index contributed by atoms with van der Waals surface area (Å²) in [7, 11) is -5.81. The molecule has 114 valence electrons. The zero-order chi connectivity index (χ0) is 15.6. The number of rotatable bonds is 6. The maximum Gasteiger partial charge on any atom is 0.244 e. The van der Waals surface area contributed by atoms with Gasteiger partial charge in [-0.15, -0.1) is 0 Å². The minimum absolute atomic E-state index is 0.0424. The fourth-order valence-corrected chi connectivity index (χ4v) is 3.71. The molecule has 0 aliphatic heterocycles. The molecule has 0 heterocycles. The fourth-order valence-electron chi connectivity index (χ4n) is 1.64. The number of hydrogen-bond acceptors (Lipinski definition) is 5. The quantitative estimate of drug-likeness (QED) is 0.791. The first-order valence-electron chi connectivity index (χ1n) is 6.16. The van der Waals surface area contributed by atoms with Gasteiger partial charge in [-0.3, -0.25) is 0 Å². The molecule has 1 aromatic rings. The van der Waals surface area contributed by atoms with Crippen LogP contribution in [0.25, 0.3) is 0 Å². The molecule has 0 saturated carbocycles. The van der Waals surface area contributed by atoms with E-state index in [0.29, 0.717) is 6.54 Å². The molecule has 0 unspecified atom stereocenters. The Kier molecular flexibility index (Phi) is 5.17. The summed E-state index contributed by atoms with van der Waals surface area (Å²) < 4.78 is 49.0. The van der Waals surface area contributed by atoms with Crippen LogP contribution in [0.2, 0.25) is 0 Å². The van der Waals surface area contributed by atoms with Crippen LogP contribution >= 0.6 is 0 Å². The van der Waals surface area contributed by atoms with Crippen molar-refractivity contribution in [3.63, 3.8) is 0 Å². The molecule has 0 saturated heterocycles. The zero-order valence-corrected chi connectivity index (χ0v) is 13.5. The largest absolute Gasteiger partial charge is 0.398 e. The standard InChI is InChI=1S/C12H20N2O4S2/c1-4-5-8-14(2)20(17,18)12-9-10(19(3,15)16)6-7-11(12)13/h6-7,9H,4-5,8,13H2,1-3H3. The smallest absolute Gasteiger partial charge is 0.244 e. The van der Waals surface area contributed by atoms with Crippen molar-refractivity contribution in [2.24, 2.45) is 0 Å². The number of unbranched alkanes of at least 4 members (excludes halogenated alkanes) is 1. The van der Waals surface area contributed by atoms with Gasteiger partial charge in [0.2, 0.25) is 10.0 Å². The Morgan fingerprint density at radius 3 is 2.30 bits per heavy atom. The van der Waals surface area contributed by atoms with E-state index >= 15 is 0 Å². The van der Waals surface area contributed by atoms with E-state index in [1.54, 1.807) is 0 Å². The second-order valence-corrected chi connectivity index (χ2v) is 8.68. The highest BCUT2D eigenvalue weighted by Crippen LogP contribution is 2.25. The Morgan fingerprint density at radius 2 is 1.80 bits per heavy atom. The summed E-state index contributed by atoms with van der Waals surface area (Å²) in [4.78, 5) is -0.229. The van der Waals surface area contributed by atoms with Gasteiger partial charge in [0.05, 0.1) is 10.6 Å². The average molecular weight is 320 g/mol. The van der Waals surface area contributed by atoms with E-state index < -0.39 is 19.9 Å².